The van der Waals surface area contributed by atoms with Crippen LogP contribution in [0, 0.1) is 0 Å². The van der Waals surface area contributed by atoms with Crippen LogP contribution < -0.4 is 10.3 Å². The predicted octanol–water partition coefficient (Wildman–Crippen LogP) is 1.54. The van der Waals surface area contributed by atoms with Crippen LogP contribution in [0.25, 0.3) is 17.0 Å². The first-order valence-corrected chi connectivity index (χ1v) is 12.6. The number of hydrogen-bond acceptors (Lipinski definition) is 8. The summed E-state index contributed by atoms with van der Waals surface area (Å²) in [7, 11) is -3.87. The van der Waals surface area contributed by atoms with Gasteiger partial charge in [-0.3, -0.25) is 4.79 Å². The van der Waals surface area contributed by atoms with Crippen LogP contribution in [0.1, 0.15) is 51.3 Å². The number of sulfonamides is 1. The molecular formula is C21H28N6O5S. The highest BCUT2D eigenvalue weighted by Crippen LogP contribution is 2.34. The predicted molar refractivity (Wildman–Crippen MR) is 121 cm³/mol. The maximum Gasteiger partial charge on any atom is 0.296 e. The molecule has 0 saturated heterocycles. The zero-order valence-corrected chi connectivity index (χ0v) is 19.5. The number of H-pyrrole nitrogens is 1. The van der Waals surface area contributed by atoms with Crippen molar-refractivity contribution in [3.8, 4) is 17.1 Å². The van der Waals surface area contributed by atoms with E-state index >= 15 is 0 Å². The fourth-order valence-electron chi connectivity index (χ4n) is 4.23. The Hall–Kier alpha value is -2.83. The van der Waals surface area contributed by atoms with Crippen molar-refractivity contribution in [3.63, 3.8) is 0 Å². The number of aromatic amines is 1. The van der Waals surface area contributed by atoms with Gasteiger partial charge in [-0.15, -0.1) is 15.3 Å². The summed E-state index contributed by atoms with van der Waals surface area (Å²) in [5.74, 6) is 1.37. The minimum atomic E-state index is -3.87. The molecule has 0 aliphatic heterocycles. The van der Waals surface area contributed by atoms with Crippen molar-refractivity contribution in [3.05, 3.63) is 34.4 Å². The maximum absolute atomic E-state index is 13.1. The third kappa shape index (κ3) is 4.37. The molecule has 2 N–H and O–H groups in total. The molecule has 11 nitrogen and oxygen atoms in total. The van der Waals surface area contributed by atoms with E-state index < -0.39 is 15.6 Å². The van der Waals surface area contributed by atoms with Crippen LogP contribution in [0.2, 0.25) is 0 Å². The van der Waals surface area contributed by atoms with Crippen molar-refractivity contribution in [1.82, 2.24) is 29.1 Å². The van der Waals surface area contributed by atoms with Crippen molar-refractivity contribution >= 4 is 15.7 Å². The van der Waals surface area contributed by atoms with Gasteiger partial charge in [-0.2, -0.15) is 8.82 Å². The van der Waals surface area contributed by atoms with Gasteiger partial charge < -0.3 is 14.8 Å². The molecule has 0 unspecified atom stereocenters. The van der Waals surface area contributed by atoms with Gasteiger partial charge in [0.15, 0.2) is 11.6 Å². The number of aliphatic hydroxyl groups is 1. The normalized spacial score (nSPS) is 15.0. The van der Waals surface area contributed by atoms with Crippen LogP contribution in [-0.4, -0.2) is 68.9 Å². The molecule has 12 heteroatoms. The second kappa shape index (κ2) is 9.57. The van der Waals surface area contributed by atoms with Crippen molar-refractivity contribution in [2.45, 2.75) is 50.3 Å². The quantitative estimate of drug-likeness (QED) is 0.473. The molecule has 4 rings (SSSR count). The summed E-state index contributed by atoms with van der Waals surface area (Å²) in [5, 5.41) is 22.1. The van der Waals surface area contributed by atoms with Crippen molar-refractivity contribution < 1.29 is 18.3 Å². The summed E-state index contributed by atoms with van der Waals surface area (Å²) in [6.07, 6.45) is 4.10. The van der Waals surface area contributed by atoms with Gasteiger partial charge in [-0.05, 0) is 38.0 Å². The summed E-state index contributed by atoms with van der Waals surface area (Å²) < 4.78 is 34.6. The minimum absolute atomic E-state index is 0.0128. The molecule has 1 aromatic carbocycles. The first-order valence-electron chi connectivity index (χ1n) is 11.1. The van der Waals surface area contributed by atoms with Crippen LogP contribution in [0.5, 0.6) is 5.75 Å². The first kappa shape index (κ1) is 23.3. The Bertz CT molecular complexity index is 1300. The molecule has 1 aliphatic carbocycles. The molecule has 1 fully saturated rings. The van der Waals surface area contributed by atoms with Crippen LogP contribution >= 0.6 is 0 Å². The third-order valence-corrected chi connectivity index (χ3v) is 7.84. The largest absolute Gasteiger partial charge is 0.493 e. The van der Waals surface area contributed by atoms with E-state index in [2.05, 4.69) is 20.3 Å². The summed E-state index contributed by atoms with van der Waals surface area (Å²) in [6.45, 7) is 3.75. The number of nitrogens with one attached hydrogen (secondary N) is 1. The fraction of sp³-hybridized carbons (Fsp3) is 0.524. The number of nitrogens with zero attached hydrogens (tertiary/aromatic N) is 5. The van der Waals surface area contributed by atoms with Gasteiger partial charge in [-0.25, -0.2) is 8.42 Å². The lowest BCUT2D eigenvalue weighted by atomic mass is 10.1. The lowest BCUT2D eigenvalue weighted by molar-refractivity contribution is 0.257. The summed E-state index contributed by atoms with van der Waals surface area (Å²) >= 11 is 0. The standard InChI is InChI=1S/C21H28N6O5S/c1-3-26(11-12-28)33(30,31)15-9-10-17(32-4-2)16(13-15)18-22-21(29)20-24-23-19(27(20)25-18)14-7-5-6-8-14/h9-10,13-14,28H,3-8,11-12H2,1-2H3,(H,22,25,29). The van der Waals surface area contributed by atoms with Gasteiger partial charge in [0.05, 0.1) is 23.7 Å². The van der Waals surface area contributed by atoms with Gasteiger partial charge >= 0.3 is 0 Å². The number of benzene rings is 1. The van der Waals surface area contributed by atoms with E-state index in [0.29, 0.717) is 23.7 Å². The average molecular weight is 477 g/mol. The molecule has 3 aromatic rings. The molecule has 2 aromatic heterocycles. The molecule has 0 radical (unpaired) electrons. The van der Waals surface area contributed by atoms with Gasteiger partial charge in [0.25, 0.3) is 5.56 Å². The average Bonchev–Trinajstić information content (AvgIpc) is 3.47. The van der Waals surface area contributed by atoms with Crippen LogP contribution in [-0.2, 0) is 10.0 Å². The van der Waals surface area contributed by atoms with Gasteiger partial charge in [0.2, 0.25) is 15.7 Å². The van der Waals surface area contributed by atoms with E-state index in [4.69, 9.17) is 4.74 Å². The Kier molecular flexibility index (Phi) is 6.77. The Balaban J connectivity index is 1.87. The number of aromatic nitrogens is 5. The number of fused-ring (bicyclic) bond motifs is 1. The molecule has 0 spiro atoms. The zero-order chi connectivity index (χ0) is 23.6. The van der Waals surface area contributed by atoms with Crippen molar-refractivity contribution in [2.75, 3.05) is 26.3 Å². The molecule has 1 saturated carbocycles. The molecule has 178 valence electrons. The third-order valence-electron chi connectivity index (χ3n) is 5.87. The number of rotatable bonds is 9. The second-order valence-corrected chi connectivity index (χ2v) is 9.83. The first-order chi connectivity index (χ1) is 15.9. The zero-order valence-electron chi connectivity index (χ0n) is 18.7. The Morgan fingerprint density at radius 1 is 1.24 bits per heavy atom. The highest BCUT2D eigenvalue weighted by atomic mass is 32.2. The van der Waals surface area contributed by atoms with E-state index in [1.54, 1.807) is 13.0 Å². The summed E-state index contributed by atoms with van der Waals surface area (Å²) in [5.41, 5.74) is -0.0338. The lowest BCUT2D eigenvalue weighted by Gasteiger charge is -2.20. The maximum atomic E-state index is 13.1. The minimum Gasteiger partial charge on any atom is -0.493 e. The van der Waals surface area contributed by atoms with Crippen LogP contribution in [0.3, 0.4) is 0 Å². The summed E-state index contributed by atoms with van der Waals surface area (Å²) in [4.78, 5) is 15.5. The van der Waals surface area contributed by atoms with E-state index in [1.165, 1.54) is 21.0 Å². The SMILES string of the molecule is CCOc1ccc(S(=O)(=O)N(CC)CCO)cc1-c1nn2c(C3CCCC3)nnc2c(=O)[nH]1. The van der Waals surface area contributed by atoms with Gasteiger partial charge in [0, 0.05) is 19.0 Å². The lowest BCUT2D eigenvalue weighted by Crippen LogP contribution is -2.33. The van der Waals surface area contributed by atoms with Gasteiger partial charge in [-0.1, -0.05) is 19.8 Å². The number of ether oxygens (including phenoxy) is 1. The monoisotopic (exact) mass is 476 g/mol. The van der Waals surface area contributed by atoms with Gasteiger partial charge in [0.1, 0.15) is 5.75 Å². The Morgan fingerprint density at radius 2 is 2.00 bits per heavy atom. The molecule has 0 amide bonds. The highest BCUT2D eigenvalue weighted by molar-refractivity contribution is 7.89. The second-order valence-electron chi connectivity index (χ2n) is 7.89. The highest BCUT2D eigenvalue weighted by Gasteiger charge is 2.27. The number of likely N-dealkylation sites (N-methyl/N-ethyl adjacent to an activating group) is 1. The van der Waals surface area contributed by atoms with Crippen molar-refractivity contribution in [1.29, 1.82) is 0 Å². The van der Waals surface area contributed by atoms with Crippen molar-refractivity contribution in [2.24, 2.45) is 0 Å². The van der Waals surface area contributed by atoms with Crippen LogP contribution in [0.15, 0.2) is 27.9 Å². The van der Waals surface area contributed by atoms with E-state index in [-0.39, 0.29) is 42.0 Å². The topological polar surface area (TPSA) is 143 Å². The number of aliphatic hydroxyl groups excluding tert-OH is 1. The van der Waals surface area contributed by atoms with E-state index in [1.807, 2.05) is 6.92 Å². The molecule has 33 heavy (non-hydrogen) atoms. The molecular weight excluding hydrogens is 448 g/mol. The van der Waals surface area contributed by atoms with E-state index in [9.17, 15) is 18.3 Å². The Morgan fingerprint density at radius 3 is 2.67 bits per heavy atom. The Labute approximate surface area is 191 Å². The van der Waals surface area contributed by atoms with E-state index in [0.717, 1.165) is 25.7 Å². The van der Waals surface area contributed by atoms with Crippen LogP contribution in [0.4, 0.5) is 0 Å². The molecule has 0 atom stereocenters. The smallest absolute Gasteiger partial charge is 0.296 e. The molecule has 0 bridgehead atoms. The molecule has 1 aliphatic rings. The fourth-order valence-corrected chi connectivity index (χ4v) is 5.69. The summed E-state index contributed by atoms with van der Waals surface area (Å²) in [6, 6.07) is 4.43. The number of hydrogen-bond donors (Lipinski definition) is 2. The molecule has 2 heterocycles.